The Morgan fingerprint density at radius 1 is 1.25 bits per heavy atom. The normalized spacial score (nSPS) is 11.8. The topological polar surface area (TPSA) is 58.2 Å². The Balaban J connectivity index is 2.82. The van der Waals surface area contributed by atoms with E-state index in [0.717, 1.165) is 29.8 Å². The van der Waals surface area contributed by atoms with Crippen LogP contribution < -0.4 is 10.0 Å². The maximum absolute atomic E-state index is 12.2. The number of aryl methyl sites for hydroxylation is 1. The predicted molar refractivity (Wildman–Crippen MR) is 86.7 cm³/mol. The lowest BCUT2D eigenvalue weighted by atomic mass is 10.1. The van der Waals surface area contributed by atoms with Crippen LogP contribution in [-0.4, -0.2) is 33.5 Å². The fourth-order valence-electron chi connectivity index (χ4n) is 1.77. The average Bonchev–Trinajstić information content (AvgIpc) is 2.41. The van der Waals surface area contributed by atoms with Gasteiger partial charge in [-0.2, -0.15) is 11.8 Å². The molecule has 1 rings (SSSR count). The Morgan fingerprint density at radius 3 is 2.65 bits per heavy atom. The van der Waals surface area contributed by atoms with E-state index in [0.29, 0.717) is 18.0 Å². The van der Waals surface area contributed by atoms with Crippen LogP contribution in [0.3, 0.4) is 0 Å². The summed E-state index contributed by atoms with van der Waals surface area (Å²) in [4.78, 5) is 0.345. The minimum Gasteiger partial charge on any atom is -0.313 e. The van der Waals surface area contributed by atoms with E-state index < -0.39 is 10.0 Å². The van der Waals surface area contributed by atoms with Gasteiger partial charge in [0.25, 0.3) is 0 Å². The third-order valence-electron chi connectivity index (χ3n) is 2.97. The first-order valence-corrected chi connectivity index (χ1v) is 9.67. The Labute approximate surface area is 126 Å². The number of benzene rings is 1. The van der Waals surface area contributed by atoms with Gasteiger partial charge in [-0.05, 0) is 49.4 Å². The molecule has 0 aliphatic rings. The Bertz CT molecular complexity index is 516. The van der Waals surface area contributed by atoms with Gasteiger partial charge in [0.2, 0.25) is 10.0 Å². The highest BCUT2D eigenvalue weighted by Gasteiger charge is 2.14. The number of hydrogen-bond acceptors (Lipinski definition) is 4. The molecule has 0 bridgehead atoms. The van der Waals surface area contributed by atoms with E-state index in [1.165, 1.54) is 0 Å². The molecule has 0 unspecified atom stereocenters. The average molecular weight is 316 g/mol. The molecule has 1 aromatic carbocycles. The number of rotatable bonds is 9. The summed E-state index contributed by atoms with van der Waals surface area (Å²) in [5, 5.41) is 3.30. The van der Waals surface area contributed by atoms with Crippen molar-refractivity contribution in [3.63, 3.8) is 0 Å². The van der Waals surface area contributed by atoms with Crippen molar-refractivity contribution in [1.29, 1.82) is 0 Å². The minimum atomic E-state index is -3.39. The van der Waals surface area contributed by atoms with Gasteiger partial charge in [-0.15, -0.1) is 0 Å². The van der Waals surface area contributed by atoms with Gasteiger partial charge >= 0.3 is 0 Å². The van der Waals surface area contributed by atoms with Crippen molar-refractivity contribution in [1.82, 2.24) is 10.0 Å². The van der Waals surface area contributed by atoms with Crippen molar-refractivity contribution in [3.05, 3.63) is 29.3 Å². The number of hydrogen-bond donors (Lipinski definition) is 2. The van der Waals surface area contributed by atoms with Crippen LogP contribution in [0.2, 0.25) is 0 Å². The molecule has 0 spiro atoms. The van der Waals surface area contributed by atoms with Gasteiger partial charge in [-0.25, -0.2) is 13.1 Å². The summed E-state index contributed by atoms with van der Waals surface area (Å²) in [5.41, 5.74) is 2.14. The molecule has 0 radical (unpaired) electrons. The summed E-state index contributed by atoms with van der Waals surface area (Å²) >= 11 is 1.62. The molecule has 0 atom stereocenters. The molecule has 0 aromatic heterocycles. The van der Waals surface area contributed by atoms with Crippen LogP contribution in [0.25, 0.3) is 0 Å². The van der Waals surface area contributed by atoms with Crippen LogP contribution in [0.5, 0.6) is 0 Å². The summed E-state index contributed by atoms with van der Waals surface area (Å²) in [5.74, 6) is 0.774. The van der Waals surface area contributed by atoms with Crippen molar-refractivity contribution >= 4 is 21.8 Å². The smallest absolute Gasteiger partial charge is 0.240 e. The molecule has 4 nitrogen and oxygen atoms in total. The monoisotopic (exact) mass is 316 g/mol. The van der Waals surface area contributed by atoms with E-state index in [9.17, 15) is 8.42 Å². The fourth-order valence-corrected chi connectivity index (χ4v) is 3.28. The lowest BCUT2D eigenvalue weighted by Crippen LogP contribution is -2.26. The molecule has 0 saturated heterocycles. The van der Waals surface area contributed by atoms with Crippen LogP contribution in [0, 0.1) is 6.92 Å². The van der Waals surface area contributed by atoms with Crippen molar-refractivity contribution < 1.29 is 8.42 Å². The molecule has 0 saturated carbocycles. The van der Waals surface area contributed by atoms with Crippen LogP contribution in [0.1, 0.15) is 24.5 Å². The van der Waals surface area contributed by atoms with Crippen LogP contribution in [-0.2, 0) is 16.6 Å². The van der Waals surface area contributed by atoms with Crippen LogP contribution in [0.4, 0.5) is 0 Å². The third-order valence-corrected chi connectivity index (χ3v) is 5.04. The van der Waals surface area contributed by atoms with Gasteiger partial charge < -0.3 is 5.32 Å². The van der Waals surface area contributed by atoms with E-state index in [1.807, 2.05) is 19.2 Å². The second kappa shape index (κ2) is 8.67. The van der Waals surface area contributed by atoms with E-state index in [1.54, 1.807) is 23.9 Å². The SMILES string of the molecule is CCCNCc1cc(S(=O)(=O)NCCSC)ccc1C. The molecular weight excluding hydrogens is 292 g/mol. The molecule has 114 valence electrons. The zero-order valence-corrected chi connectivity index (χ0v) is 14.0. The molecular formula is C14H24N2O2S2. The summed E-state index contributed by atoms with van der Waals surface area (Å²) in [7, 11) is -3.39. The van der Waals surface area contributed by atoms with Gasteiger partial charge in [-0.1, -0.05) is 13.0 Å². The predicted octanol–water partition coefficient (Wildman–Crippen LogP) is 2.14. The second-order valence-electron chi connectivity index (χ2n) is 4.66. The van der Waals surface area contributed by atoms with Gasteiger partial charge in [0.15, 0.2) is 0 Å². The van der Waals surface area contributed by atoms with Crippen LogP contribution in [0.15, 0.2) is 23.1 Å². The minimum absolute atomic E-state index is 0.345. The Kier molecular flexibility index (Phi) is 7.58. The fraction of sp³-hybridized carbons (Fsp3) is 0.571. The molecule has 0 fully saturated rings. The highest BCUT2D eigenvalue weighted by atomic mass is 32.2. The van der Waals surface area contributed by atoms with Crippen molar-refractivity contribution in [2.45, 2.75) is 31.7 Å². The molecule has 0 aliphatic carbocycles. The lowest BCUT2D eigenvalue weighted by Gasteiger charge is -2.11. The zero-order chi connectivity index (χ0) is 15.0. The Hall–Kier alpha value is -0.560. The largest absolute Gasteiger partial charge is 0.313 e. The van der Waals surface area contributed by atoms with E-state index in [-0.39, 0.29) is 0 Å². The highest BCUT2D eigenvalue weighted by Crippen LogP contribution is 2.15. The second-order valence-corrected chi connectivity index (χ2v) is 7.41. The first kappa shape index (κ1) is 17.5. The molecule has 2 N–H and O–H groups in total. The van der Waals surface area contributed by atoms with Crippen molar-refractivity contribution in [3.8, 4) is 0 Å². The van der Waals surface area contributed by atoms with E-state index >= 15 is 0 Å². The maximum atomic E-state index is 12.2. The van der Waals surface area contributed by atoms with Gasteiger partial charge in [-0.3, -0.25) is 0 Å². The van der Waals surface area contributed by atoms with Crippen LogP contribution >= 0.6 is 11.8 Å². The first-order chi connectivity index (χ1) is 9.51. The van der Waals surface area contributed by atoms with Gasteiger partial charge in [0, 0.05) is 18.8 Å². The van der Waals surface area contributed by atoms with Crippen molar-refractivity contribution in [2.75, 3.05) is 25.1 Å². The first-order valence-electron chi connectivity index (χ1n) is 6.80. The van der Waals surface area contributed by atoms with E-state index in [2.05, 4.69) is 17.0 Å². The van der Waals surface area contributed by atoms with Gasteiger partial charge in [0.1, 0.15) is 0 Å². The molecule has 0 aliphatic heterocycles. The standard InChI is InChI=1S/C14H24N2O2S2/c1-4-7-15-11-13-10-14(6-5-12(13)2)20(17,18)16-8-9-19-3/h5-6,10,15-16H,4,7-9,11H2,1-3H3. The summed E-state index contributed by atoms with van der Waals surface area (Å²) < 4.78 is 26.9. The highest BCUT2D eigenvalue weighted by molar-refractivity contribution is 7.98. The number of sulfonamides is 1. The maximum Gasteiger partial charge on any atom is 0.240 e. The number of thioether (sulfide) groups is 1. The zero-order valence-electron chi connectivity index (χ0n) is 12.4. The number of nitrogens with one attached hydrogen (secondary N) is 2. The summed E-state index contributed by atoms with van der Waals surface area (Å²) in [6.07, 6.45) is 3.02. The molecule has 6 heteroatoms. The molecule has 0 heterocycles. The summed E-state index contributed by atoms with van der Waals surface area (Å²) in [6.45, 7) is 6.20. The molecule has 20 heavy (non-hydrogen) atoms. The van der Waals surface area contributed by atoms with E-state index in [4.69, 9.17) is 0 Å². The Morgan fingerprint density at radius 2 is 2.00 bits per heavy atom. The third kappa shape index (κ3) is 5.44. The lowest BCUT2D eigenvalue weighted by molar-refractivity contribution is 0.584. The molecule has 0 amide bonds. The molecule has 1 aromatic rings. The van der Waals surface area contributed by atoms with Gasteiger partial charge in [0.05, 0.1) is 4.90 Å². The quantitative estimate of drug-likeness (QED) is 0.685. The van der Waals surface area contributed by atoms with Crippen molar-refractivity contribution in [2.24, 2.45) is 0 Å². The summed E-state index contributed by atoms with van der Waals surface area (Å²) in [6, 6.07) is 5.30.